The summed E-state index contributed by atoms with van der Waals surface area (Å²) in [7, 11) is -25.7. The highest BCUT2D eigenvalue weighted by atomic mass is 79.9. The van der Waals surface area contributed by atoms with Crippen LogP contribution in [0.2, 0.25) is 15.1 Å². The summed E-state index contributed by atoms with van der Waals surface area (Å²) in [6, 6.07) is 55.1. The summed E-state index contributed by atoms with van der Waals surface area (Å²) in [5.74, 6) is 0.0812. The Morgan fingerprint density at radius 3 is 1.04 bits per heavy atom. The first-order valence-corrected chi connectivity index (χ1v) is 62.2. The van der Waals surface area contributed by atoms with Crippen LogP contribution in [-0.2, 0) is 107 Å². The van der Waals surface area contributed by atoms with Gasteiger partial charge >= 0.3 is 70.8 Å². The van der Waals surface area contributed by atoms with Crippen LogP contribution in [0.4, 0.5) is 0 Å². The van der Waals surface area contributed by atoms with E-state index in [0.29, 0.717) is 125 Å². The lowest BCUT2D eigenvalue weighted by Crippen LogP contribution is -2.27. The summed E-state index contributed by atoms with van der Waals surface area (Å²) >= 11 is 33.5. The average molecular weight is 2290 g/mol. The Balaban J connectivity index is 0.000000168. The average Bonchev–Trinajstić information content (AvgIpc) is 0.714. The summed E-state index contributed by atoms with van der Waals surface area (Å²) in [6.45, 7) is 22.0. The molecule has 0 saturated heterocycles. The summed E-state index contributed by atoms with van der Waals surface area (Å²) in [5.41, 5.74) is 14.1. The molecule has 748 valence electrons. The van der Waals surface area contributed by atoms with Crippen LogP contribution in [0.1, 0.15) is 155 Å². The van der Waals surface area contributed by atoms with E-state index in [0.717, 1.165) is 126 Å². The van der Waals surface area contributed by atoms with E-state index in [1.807, 2.05) is 131 Å². The van der Waals surface area contributed by atoms with Crippen molar-refractivity contribution >= 4 is 244 Å². The smallest absolute Gasteiger partial charge is 0.358 e. The van der Waals surface area contributed by atoms with Crippen molar-refractivity contribution in [2.75, 3.05) is 31.3 Å². The molecule has 16 rings (SSSR count). The van der Waals surface area contributed by atoms with Gasteiger partial charge < -0.3 is 5.11 Å². The zero-order valence-electron chi connectivity index (χ0n) is 77.8. The van der Waals surface area contributed by atoms with E-state index in [4.69, 9.17) is 48.5 Å². The van der Waals surface area contributed by atoms with Gasteiger partial charge in [0.2, 0.25) is 0 Å². The molecule has 0 spiro atoms. The van der Waals surface area contributed by atoms with Gasteiger partial charge in [-0.1, -0.05) is 214 Å². The molecule has 9 aromatic rings. The minimum absolute atomic E-state index is 0.0618. The maximum absolute atomic E-state index is 12.4. The number of fused-ring (bicyclic) bond motifs is 7. The number of nitrogens with zero attached hydrogens (tertiary/aromatic N) is 7. The van der Waals surface area contributed by atoms with Crippen LogP contribution < -0.4 is 0 Å². The van der Waals surface area contributed by atoms with Crippen LogP contribution in [0.3, 0.4) is 0 Å². The van der Waals surface area contributed by atoms with Crippen LogP contribution in [0.5, 0.6) is 0 Å². The van der Waals surface area contributed by atoms with Crippen LogP contribution in [0.15, 0.2) is 267 Å². The number of thioether (sulfide) groups is 7. The van der Waals surface area contributed by atoms with E-state index >= 15 is 0 Å². The summed E-state index contributed by atoms with van der Waals surface area (Å²) in [6.07, 6.45) is 8.83. The Hall–Kier alpha value is -7.32. The van der Waals surface area contributed by atoms with Crippen LogP contribution >= 0.6 is 133 Å². The zero-order valence-corrected chi connectivity index (χ0v) is 93.1. The van der Waals surface area contributed by atoms with Crippen LogP contribution in [0, 0.1) is 26.7 Å². The third-order valence-corrected chi connectivity index (χ3v) is 33.8. The highest BCUT2D eigenvalue weighted by molar-refractivity contribution is 9.10. The van der Waals surface area contributed by atoms with E-state index in [9.17, 15) is 58.9 Å². The van der Waals surface area contributed by atoms with Crippen molar-refractivity contribution in [3.8, 4) is 0 Å². The summed E-state index contributed by atoms with van der Waals surface area (Å²) in [5, 5.41) is 40.0. The largest absolute Gasteiger partial charge is 0.392 e. The van der Waals surface area contributed by atoms with Crippen molar-refractivity contribution in [1.82, 2.24) is 0 Å². The second kappa shape index (κ2) is 50.0. The molecule has 0 aromatic heterocycles. The van der Waals surface area contributed by atoms with Crippen molar-refractivity contribution in [3.63, 3.8) is 0 Å². The highest BCUT2D eigenvalue weighted by Gasteiger charge is 2.34. The predicted molar refractivity (Wildman–Crippen MR) is 567 cm³/mol. The minimum atomic E-state index is -3.95. The van der Waals surface area contributed by atoms with Gasteiger partial charge in [-0.2, -0.15) is 58.9 Å². The third-order valence-electron chi connectivity index (χ3n) is 20.0. The predicted octanol–water partition coefficient (Wildman–Crippen LogP) is 22.0. The second-order valence-electron chi connectivity index (χ2n) is 32.7. The molecule has 47 heteroatoms. The first kappa shape index (κ1) is 114. The molecule has 0 saturated carbocycles. The van der Waals surface area contributed by atoms with E-state index in [1.54, 1.807) is 144 Å². The highest BCUT2D eigenvalue weighted by Crippen LogP contribution is 2.45. The van der Waals surface area contributed by atoms with Gasteiger partial charge in [0.05, 0.1) is 77.9 Å². The maximum atomic E-state index is 12.4. The number of aliphatic hydroxyl groups is 1. The number of aliphatic hydroxyl groups excluding tert-OH is 1. The molecule has 7 aliphatic heterocycles. The fraction of sp³-hybridized carbons (Fsp3) is 0.337. The third kappa shape index (κ3) is 35.6. The van der Waals surface area contributed by atoms with Gasteiger partial charge in [-0.15, -0.1) is 82.3 Å². The van der Waals surface area contributed by atoms with Gasteiger partial charge in [0, 0.05) is 174 Å². The topological polar surface area (TPSA) is 410 Å². The molecule has 0 radical (unpaired) electrons. The zero-order chi connectivity index (χ0) is 102. The van der Waals surface area contributed by atoms with Crippen molar-refractivity contribution in [3.05, 3.63) is 263 Å². The van der Waals surface area contributed by atoms with Gasteiger partial charge in [-0.3, -0.25) is 30.0 Å². The number of halogens is 4. The number of hydrogen-bond donors (Lipinski definition) is 1. The molecule has 8 unspecified atom stereocenters. The number of rotatable bonds is 17. The van der Waals surface area contributed by atoms with Gasteiger partial charge in [-0.25, -0.2) is 0 Å². The Kier molecular flexibility index (Phi) is 40.9. The minimum Gasteiger partial charge on any atom is -0.392 e. The normalized spacial score (nSPS) is 21.3. The number of aryl methyl sites for hydroxylation is 3. The van der Waals surface area contributed by atoms with Crippen molar-refractivity contribution in [2.45, 2.75) is 202 Å². The first-order chi connectivity index (χ1) is 65.0. The molecule has 1 N–H and O–H groups in total. The maximum Gasteiger partial charge on any atom is 0.358 e. The van der Waals surface area contributed by atoms with Crippen molar-refractivity contribution in [1.29, 1.82) is 0 Å². The fourth-order valence-electron chi connectivity index (χ4n) is 13.7. The fourth-order valence-corrected chi connectivity index (χ4v) is 25.4. The van der Waals surface area contributed by atoms with E-state index in [-0.39, 0.29) is 32.8 Å². The first-order valence-electron chi connectivity index (χ1n) is 42.3. The van der Waals surface area contributed by atoms with Gasteiger partial charge in [0.15, 0.2) is 0 Å². The summed E-state index contributed by atoms with van der Waals surface area (Å²) < 4.78 is 193. The molecule has 0 bridgehead atoms. The molecule has 0 amide bonds. The Morgan fingerprint density at radius 2 is 0.633 bits per heavy atom. The Bertz CT molecular complexity index is 7020. The van der Waals surface area contributed by atoms with Crippen molar-refractivity contribution in [2.24, 2.45) is 42.0 Å². The second-order valence-corrected chi connectivity index (χ2v) is 56.0. The molecular formula is C92H101BrCl3N7O22S14. The molecule has 139 heavy (non-hydrogen) atoms. The van der Waals surface area contributed by atoms with Crippen LogP contribution in [-0.4, -0.2) is 172 Å². The molecule has 9 aromatic carbocycles. The SMILES string of the molecule is CC1C/C(=N\OS(C)(=O)=O)c2cc(Br)ccc2S1.CC1C/C(=N\OS(C)(=O)=O)c2cc(CO)ccc2S1.CC1C/C(=N\OS(C)(=O)=O)c2cc(Cl)ccc2S1.CC1C/C(=N\OS(C)(=O)=O)c2ccccc2S1.CC1Sc2ccc(Cl)cc2/C(=N/OS(C)(=O)=O)C1C.Cc1ccc(S(=O)(=O)O/N=C2\CC(C)Sc3ccc(C)cc32)cc1.Cc1ccccc1S(=O)(=O)O/N=C1\CC(C)Sc2ccc(Cl)cc21. The monoisotopic (exact) mass is 2290 g/mol. The lowest BCUT2D eigenvalue weighted by atomic mass is 9.95. The summed E-state index contributed by atoms with van der Waals surface area (Å²) in [4.78, 5) is 7.66. The standard InChI is InChI=1S/C18H19NO3S2.C17H16ClNO3S2.C12H14ClNO3S2.C12H15NO4S2.C11H12BrNO3S2.C11H12ClNO3S2.C11H13NO3S2/c1-12-4-7-15(8-5-12)24(20,21)22-19-17-11-14(3)23-18-9-6-13(2)10-16(17)18;1-11-5-3-4-6-17(11)24(20,21)22-19-15-9-12(2)23-16-8-7-13(18)10-14(15)16;1-7-8(2)18-11-5-4-9(13)6-10(11)12(7)14-17-19(3,15)16;1-8-5-11(13-17-19(2,15)16)10-6-9(7-14)3-4-12(10)18-8;2*1-7-5-10(13-16-18(2,14)15)9-6-8(12)3-4-11(9)17-7;1-8-7-10(12-15-17(2,13)14)9-5-3-4-6-11(9)16-8/h4-10,14H,11H2,1-3H3;3-8,10,12H,9H2,1-2H3;4-8H,1-3H3;3-4,6,8,14H,5,7H2,1-2H3;2*3-4,6-7H,5H2,1-2H3;3-6,8H,7H2,1-2H3/b19-17+;19-15+;14-12+;13-11+;2*13-10+;12-10+. The molecule has 0 aliphatic carbocycles. The molecular weight excluding hydrogens is 2190 g/mol. The lowest BCUT2D eigenvalue weighted by molar-refractivity contribution is 0.281. The molecule has 29 nitrogen and oxygen atoms in total. The molecule has 7 aliphatic rings. The van der Waals surface area contributed by atoms with E-state index < -0.39 is 70.8 Å². The number of benzene rings is 9. The number of oxime groups is 7. The van der Waals surface area contributed by atoms with Crippen LogP contribution in [0.25, 0.3) is 0 Å². The molecule has 7 heterocycles. The van der Waals surface area contributed by atoms with Gasteiger partial charge in [0.1, 0.15) is 9.79 Å². The molecule has 0 fully saturated rings. The molecule has 8 atom stereocenters. The number of hydrogen-bond acceptors (Lipinski definition) is 36. The Labute approximate surface area is 867 Å². The quantitative estimate of drug-likeness (QED) is 0.0827. The lowest BCUT2D eigenvalue weighted by Gasteiger charge is -2.28. The Morgan fingerprint density at radius 1 is 0.324 bits per heavy atom. The van der Waals surface area contributed by atoms with Gasteiger partial charge in [-0.05, 0) is 153 Å². The van der Waals surface area contributed by atoms with E-state index in [2.05, 4.69) is 121 Å². The van der Waals surface area contributed by atoms with E-state index in [1.165, 1.54) is 18.2 Å². The van der Waals surface area contributed by atoms with Crippen molar-refractivity contribution < 1.29 is 94.0 Å². The van der Waals surface area contributed by atoms with Gasteiger partial charge in [0.25, 0.3) is 0 Å².